The molecule has 2 aliphatic rings. The molecule has 0 amide bonds. The van der Waals surface area contributed by atoms with Crippen LogP contribution in [-0.4, -0.2) is 25.5 Å². The van der Waals surface area contributed by atoms with Gasteiger partial charge in [-0.1, -0.05) is 0 Å². The molecule has 1 unspecified atom stereocenters. The Hall–Kier alpha value is -0.0900. The third kappa shape index (κ3) is 2.70. The zero-order chi connectivity index (χ0) is 10.2. The molecule has 1 saturated carbocycles. The molecule has 2 rings (SSSR count). The molecule has 0 aromatic rings. The smallest absolute Gasteiger partial charge is 0.150 e. The molecule has 0 spiro atoms. The van der Waals surface area contributed by atoms with Crippen molar-refractivity contribution >= 4 is 9.84 Å². The van der Waals surface area contributed by atoms with Gasteiger partial charge in [-0.25, -0.2) is 8.42 Å². The van der Waals surface area contributed by atoms with Gasteiger partial charge in [0.05, 0.1) is 11.5 Å². The van der Waals surface area contributed by atoms with E-state index in [0.717, 1.165) is 38.5 Å². The Morgan fingerprint density at radius 1 is 1.21 bits per heavy atom. The SMILES string of the molecule is NC1(CC2CCCS(=O)(=O)CC2)CC1. The van der Waals surface area contributed by atoms with Gasteiger partial charge in [-0.05, 0) is 44.4 Å². The maximum absolute atomic E-state index is 11.4. The number of hydrogen-bond donors (Lipinski definition) is 1. The third-order valence-corrected chi connectivity index (χ3v) is 5.26. The Bertz CT molecular complexity index is 306. The van der Waals surface area contributed by atoms with E-state index in [4.69, 9.17) is 5.73 Å². The molecule has 1 atom stereocenters. The topological polar surface area (TPSA) is 60.2 Å². The summed E-state index contributed by atoms with van der Waals surface area (Å²) >= 11 is 0. The molecule has 2 N–H and O–H groups in total. The lowest BCUT2D eigenvalue weighted by molar-refractivity contribution is 0.390. The molecule has 1 heterocycles. The molecule has 0 bridgehead atoms. The van der Waals surface area contributed by atoms with Crippen molar-refractivity contribution in [3.05, 3.63) is 0 Å². The van der Waals surface area contributed by atoms with Crippen LogP contribution in [0.25, 0.3) is 0 Å². The van der Waals surface area contributed by atoms with Crippen molar-refractivity contribution in [2.24, 2.45) is 11.7 Å². The van der Waals surface area contributed by atoms with Crippen LogP contribution in [0.2, 0.25) is 0 Å². The lowest BCUT2D eigenvalue weighted by Gasteiger charge is -2.17. The zero-order valence-corrected chi connectivity index (χ0v) is 9.35. The van der Waals surface area contributed by atoms with Crippen LogP contribution in [0, 0.1) is 5.92 Å². The molecule has 0 aromatic heterocycles. The van der Waals surface area contributed by atoms with E-state index >= 15 is 0 Å². The van der Waals surface area contributed by atoms with Crippen molar-refractivity contribution in [3.8, 4) is 0 Å². The number of nitrogens with two attached hydrogens (primary N) is 1. The molecule has 1 saturated heterocycles. The fourth-order valence-corrected chi connectivity index (χ4v) is 3.83. The van der Waals surface area contributed by atoms with Gasteiger partial charge in [-0.15, -0.1) is 0 Å². The normalized spacial score (nSPS) is 34.8. The highest BCUT2D eigenvalue weighted by atomic mass is 32.2. The Morgan fingerprint density at radius 2 is 1.93 bits per heavy atom. The predicted octanol–water partition coefficient (Wildman–Crippen LogP) is 1.08. The van der Waals surface area contributed by atoms with E-state index in [2.05, 4.69) is 0 Å². The third-order valence-electron chi connectivity index (χ3n) is 3.49. The van der Waals surface area contributed by atoms with Crippen LogP contribution in [0.3, 0.4) is 0 Å². The number of rotatable bonds is 2. The standard InChI is InChI=1S/C10H19NO2S/c11-10(4-5-10)8-9-2-1-6-14(12,13)7-3-9/h9H,1-8,11H2. The Labute approximate surface area is 86.0 Å². The minimum Gasteiger partial charge on any atom is -0.325 e. The van der Waals surface area contributed by atoms with Crippen LogP contribution < -0.4 is 5.73 Å². The van der Waals surface area contributed by atoms with Crippen molar-refractivity contribution in [2.75, 3.05) is 11.5 Å². The minimum absolute atomic E-state index is 0.0821. The minimum atomic E-state index is -2.73. The summed E-state index contributed by atoms with van der Waals surface area (Å²) < 4.78 is 22.7. The molecule has 2 fully saturated rings. The van der Waals surface area contributed by atoms with Gasteiger partial charge in [0.15, 0.2) is 0 Å². The highest BCUT2D eigenvalue weighted by Crippen LogP contribution is 2.40. The average Bonchev–Trinajstić information content (AvgIpc) is 2.80. The first kappa shape index (κ1) is 10.4. The second-order valence-corrected chi connectivity index (χ2v) is 7.32. The predicted molar refractivity (Wildman–Crippen MR) is 56.8 cm³/mol. The van der Waals surface area contributed by atoms with Crippen molar-refractivity contribution in [3.63, 3.8) is 0 Å². The summed E-state index contributed by atoms with van der Waals surface area (Å²) in [6, 6.07) is 0. The van der Waals surface area contributed by atoms with Crippen LogP contribution in [0.1, 0.15) is 38.5 Å². The maximum Gasteiger partial charge on any atom is 0.150 e. The second kappa shape index (κ2) is 3.49. The van der Waals surface area contributed by atoms with Gasteiger partial charge in [0.2, 0.25) is 0 Å². The number of hydrogen-bond acceptors (Lipinski definition) is 3. The first-order valence-electron chi connectivity index (χ1n) is 5.48. The molecule has 4 heteroatoms. The van der Waals surface area contributed by atoms with E-state index < -0.39 is 9.84 Å². The summed E-state index contributed by atoms with van der Waals surface area (Å²) in [6.07, 6.45) is 6.04. The molecule has 1 aliphatic heterocycles. The quantitative estimate of drug-likeness (QED) is 0.753. The fourth-order valence-electron chi connectivity index (χ4n) is 2.33. The van der Waals surface area contributed by atoms with Gasteiger partial charge in [0, 0.05) is 5.54 Å². The van der Waals surface area contributed by atoms with Crippen LogP contribution >= 0.6 is 0 Å². The lowest BCUT2D eigenvalue weighted by Crippen LogP contribution is -2.25. The van der Waals surface area contributed by atoms with Crippen LogP contribution in [-0.2, 0) is 9.84 Å². The van der Waals surface area contributed by atoms with Crippen LogP contribution in [0.15, 0.2) is 0 Å². The summed E-state index contributed by atoms with van der Waals surface area (Å²) in [5, 5.41) is 0. The van der Waals surface area contributed by atoms with E-state index in [1.54, 1.807) is 0 Å². The number of sulfone groups is 1. The highest BCUT2D eigenvalue weighted by Gasteiger charge is 2.40. The molecule has 82 valence electrons. The van der Waals surface area contributed by atoms with E-state index in [-0.39, 0.29) is 5.54 Å². The van der Waals surface area contributed by atoms with E-state index in [9.17, 15) is 8.42 Å². The van der Waals surface area contributed by atoms with Crippen LogP contribution in [0.5, 0.6) is 0 Å². The van der Waals surface area contributed by atoms with Crippen molar-refractivity contribution in [1.82, 2.24) is 0 Å². The van der Waals surface area contributed by atoms with E-state index in [1.807, 2.05) is 0 Å². The summed E-state index contributed by atoms with van der Waals surface area (Å²) in [7, 11) is -2.73. The van der Waals surface area contributed by atoms with E-state index in [0.29, 0.717) is 17.4 Å². The van der Waals surface area contributed by atoms with Crippen LogP contribution in [0.4, 0.5) is 0 Å². The molecule has 14 heavy (non-hydrogen) atoms. The largest absolute Gasteiger partial charge is 0.325 e. The molecule has 0 aromatic carbocycles. The summed E-state index contributed by atoms with van der Waals surface area (Å²) in [4.78, 5) is 0. The summed E-state index contributed by atoms with van der Waals surface area (Å²) in [5.74, 6) is 1.33. The van der Waals surface area contributed by atoms with Gasteiger partial charge in [0.25, 0.3) is 0 Å². The second-order valence-electron chi connectivity index (χ2n) is 5.02. The maximum atomic E-state index is 11.4. The van der Waals surface area contributed by atoms with Crippen molar-refractivity contribution < 1.29 is 8.42 Å². The molecular formula is C10H19NO2S. The molecule has 0 radical (unpaired) electrons. The highest BCUT2D eigenvalue weighted by molar-refractivity contribution is 7.91. The average molecular weight is 217 g/mol. The zero-order valence-electron chi connectivity index (χ0n) is 8.54. The Morgan fingerprint density at radius 3 is 2.57 bits per heavy atom. The fraction of sp³-hybridized carbons (Fsp3) is 1.00. The summed E-state index contributed by atoms with van der Waals surface area (Å²) in [6.45, 7) is 0. The Balaban J connectivity index is 1.89. The monoisotopic (exact) mass is 217 g/mol. The van der Waals surface area contributed by atoms with Gasteiger partial charge < -0.3 is 5.73 Å². The molecule has 3 nitrogen and oxygen atoms in total. The molecule has 1 aliphatic carbocycles. The molecular weight excluding hydrogens is 198 g/mol. The summed E-state index contributed by atoms with van der Waals surface area (Å²) in [5.41, 5.74) is 6.13. The van der Waals surface area contributed by atoms with Gasteiger partial charge in [0.1, 0.15) is 9.84 Å². The van der Waals surface area contributed by atoms with Gasteiger partial charge >= 0.3 is 0 Å². The van der Waals surface area contributed by atoms with Gasteiger partial charge in [-0.3, -0.25) is 0 Å². The first-order valence-corrected chi connectivity index (χ1v) is 7.31. The van der Waals surface area contributed by atoms with E-state index in [1.165, 1.54) is 0 Å². The Kier molecular flexibility index (Phi) is 2.60. The van der Waals surface area contributed by atoms with Crippen molar-refractivity contribution in [2.45, 2.75) is 44.1 Å². The van der Waals surface area contributed by atoms with Crippen molar-refractivity contribution in [1.29, 1.82) is 0 Å². The first-order chi connectivity index (χ1) is 6.49. The van der Waals surface area contributed by atoms with Gasteiger partial charge in [-0.2, -0.15) is 0 Å². The lowest BCUT2D eigenvalue weighted by atomic mass is 9.92.